The fourth-order valence-electron chi connectivity index (χ4n) is 3.10. The summed E-state index contributed by atoms with van der Waals surface area (Å²) in [4.78, 5) is 23.6. The summed E-state index contributed by atoms with van der Waals surface area (Å²) < 4.78 is 18.7. The molecule has 0 saturated carbocycles. The SMILES string of the molecule is CC1(C)OC2C(C(=O)O)OC(n3cnc4c(N)nc(Cl)nc43)C2O1. The summed E-state index contributed by atoms with van der Waals surface area (Å²) in [6.45, 7) is 3.43. The van der Waals surface area contributed by atoms with Crippen LogP contribution in [0, 0.1) is 0 Å². The van der Waals surface area contributed by atoms with Crippen LogP contribution in [0.25, 0.3) is 11.2 Å². The number of imidazole rings is 1. The monoisotopic (exact) mass is 355 g/mol. The number of nitrogen functional groups attached to an aromatic ring is 1. The summed E-state index contributed by atoms with van der Waals surface area (Å²) in [6, 6.07) is 0. The molecule has 4 atom stereocenters. The van der Waals surface area contributed by atoms with Crippen molar-refractivity contribution in [2.75, 3.05) is 5.73 Å². The van der Waals surface area contributed by atoms with Gasteiger partial charge in [-0.1, -0.05) is 0 Å². The maximum atomic E-state index is 11.5. The highest BCUT2D eigenvalue weighted by Gasteiger charge is 2.58. The number of fused-ring (bicyclic) bond motifs is 2. The quantitative estimate of drug-likeness (QED) is 0.741. The minimum atomic E-state index is -1.17. The molecule has 2 aromatic rings. The first-order chi connectivity index (χ1) is 11.3. The zero-order chi connectivity index (χ0) is 17.2. The first kappa shape index (κ1) is 15.5. The molecule has 4 unspecified atom stereocenters. The van der Waals surface area contributed by atoms with Crippen molar-refractivity contribution in [3.05, 3.63) is 11.6 Å². The van der Waals surface area contributed by atoms with Gasteiger partial charge in [0.05, 0.1) is 6.33 Å². The molecule has 2 aliphatic rings. The third-order valence-electron chi connectivity index (χ3n) is 3.97. The van der Waals surface area contributed by atoms with E-state index in [1.807, 2.05) is 0 Å². The van der Waals surface area contributed by atoms with E-state index in [4.69, 9.17) is 31.5 Å². The van der Waals surface area contributed by atoms with Gasteiger partial charge in [-0.25, -0.2) is 9.78 Å². The number of nitrogens with zero attached hydrogens (tertiary/aromatic N) is 4. The Balaban J connectivity index is 1.80. The number of aliphatic carboxylic acids is 1. The average molecular weight is 356 g/mol. The Bertz CT molecular complexity index is 840. The van der Waals surface area contributed by atoms with E-state index in [1.165, 1.54) is 10.9 Å². The minimum Gasteiger partial charge on any atom is -0.479 e. The van der Waals surface area contributed by atoms with Gasteiger partial charge in [0.25, 0.3) is 0 Å². The number of carboxylic acid groups (broad SMARTS) is 1. The van der Waals surface area contributed by atoms with Gasteiger partial charge in [0, 0.05) is 0 Å². The zero-order valence-corrected chi connectivity index (χ0v) is 13.5. The van der Waals surface area contributed by atoms with Crippen LogP contribution < -0.4 is 5.73 Å². The molecule has 4 heterocycles. The molecule has 2 saturated heterocycles. The molecule has 0 aliphatic carbocycles. The lowest BCUT2D eigenvalue weighted by Gasteiger charge is -2.23. The van der Waals surface area contributed by atoms with Gasteiger partial charge >= 0.3 is 5.97 Å². The van der Waals surface area contributed by atoms with E-state index >= 15 is 0 Å². The number of anilines is 1. The zero-order valence-electron chi connectivity index (χ0n) is 12.7. The number of rotatable bonds is 2. The molecular weight excluding hydrogens is 342 g/mol. The van der Waals surface area contributed by atoms with Crippen LogP contribution in [0.1, 0.15) is 20.1 Å². The summed E-state index contributed by atoms with van der Waals surface area (Å²) >= 11 is 5.86. The first-order valence-electron chi connectivity index (χ1n) is 7.16. The van der Waals surface area contributed by atoms with Crippen molar-refractivity contribution in [2.45, 2.75) is 44.2 Å². The number of aromatic nitrogens is 4. The number of halogens is 1. The molecule has 0 aromatic carbocycles. The fraction of sp³-hybridized carbons (Fsp3) is 0.538. The Morgan fingerprint density at radius 2 is 2.08 bits per heavy atom. The first-order valence-corrected chi connectivity index (χ1v) is 7.54. The van der Waals surface area contributed by atoms with Gasteiger partial charge in [-0.3, -0.25) is 4.57 Å². The Morgan fingerprint density at radius 3 is 2.79 bits per heavy atom. The van der Waals surface area contributed by atoms with Crippen LogP contribution in [-0.4, -0.2) is 54.7 Å². The van der Waals surface area contributed by atoms with Crippen LogP contribution in [0.2, 0.25) is 5.28 Å². The van der Waals surface area contributed by atoms with Crippen LogP contribution >= 0.6 is 11.6 Å². The van der Waals surface area contributed by atoms with Crippen LogP contribution in [-0.2, 0) is 19.0 Å². The van der Waals surface area contributed by atoms with E-state index in [0.717, 1.165) is 0 Å². The smallest absolute Gasteiger partial charge is 0.335 e. The van der Waals surface area contributed by atoms with Crippen molar-refractivity contribution in [3.8, 4) is 0 Å². The molecule has 128 valence electrons. The number of carboxylic acids is 1. The van der Waals surface area contributed by atoms with Gasteiger partial charge in [-0.05, 0) is 25.4 Å². The Morgan fingerprint density at radius 1 is 1.38 bits per heavy atom. The molecular formula is C13H14ClN5O5. The molecule has 4 rings (SSSR count). The van der Waals surface area contributed by atoms with Gasteiger partial charge < -0.3 is 25.1 Å². The molecule has 2 fully saturated rings. The molecule has 0 spiro atoms. The number of ether oxygens (including phenoxy) is 3. The second kappa shape index (κ2) is 4.99. The predicted molar refractivity (Wildman–Crippen MR) is 80.1 cm³/mol. The predicted octanol–water partition coefficient (Wildman–Crippen LogP) is 0.564. The largest absolute Gasteiger partial charge is 0.479 e. The highest BCUT2D eigenvalue weighted by Crippen LogP contribution is 2.43. The average Bonchev–Trinajstić information content (AvgIpc) is 3.09. The van der Waals surface area contributed by atoms with Gasteiger partial charge in [0.1, 0.15) is 17.7 Å². The molecule has 2 aromatic heterocycles. The molecule has 0 radical (unpaired) electrons. The van der Waals surface area contributed by atoms with E-state index < -0.39 is 36.3 Å². The Labute approximate surface area is 140 Å². The maximum absolute atomic E-state index is 11.5. The van der Waals surface area contributed by atoms with Gasteiger partial charge in [0.2, 0.25) is 5.28 Å². The van der Waals surface area contributed by atoms with Crippen molar-refractivity contribution in [3.63, 3.8) is 0 Å². The lowest BCUT2D eigenvalue weighted by atomic mass is 10.1. The van der Waals surface area contributed by atoms with Crippen molar-refractivity contribution >= 4 is 34.6 Å². The van der Waals surface area contributed by atoms with E-state index in [9.17, 15) is 9.90 Å². The number of hydrogen-bond donors (Lipinski definition) is 2. The third-order valence-corrected chi connectivity index (χ3v) is 4.14. The van der Waals surface area contributed by atoms with Crippen LogP contribution in [0.4, 0.5) is 5.82 Å². The summed E-state index contributed by atoms with van der Waals surface area (Å²) in [5, 5.41) is 9.35. The maximum Gasteiger partial charge on any atom is 0.335 e. The molecule has 0 bridgehead atoms. The number of carbonyl (C=O) groups is 1. The summed E-state index contributed by atoms with van der Waals surface area (Å²) in [5.41, 5.74) is 6.47. The van der Waals surface area contributed by atoms with Crippen LogP contribution in [0.15, 0.2) is 6.33 Å². The van der Waals surface area contributed by atoms with Crippen molar-refractivity contribution in [1.29, 1.82) is 0 Å². The molecule has 0 amide bonds. The lowest BCUT2D eigenvalue weighted by molar-refractivity contribution is -0.202. The van der Waals surface area contributed by atoms with Crippen LogP contribution in [0.5, 0.6) is 0 Å². The summed E-state index contributed by atoms with van der Waals surface area (Å²) in [7, 11) is 0. The molecule has 11 heteroatoms. The molecule has 10 nitrogen and oxygen atoms in total. The van der Waals surface area contributed by atoms with Gasteiger partial charge in [-0.15, -0.1) is 0 Å². The lowest BCUT2D eigenvalue weighted by Crippen LogP contribution is -2.35. The van der Waals surface area contributed by atoms with Crippen LogP contribution in [0.3, 0.4) is 0 Å². The van der Waals surface area contributed by atoms with E-state index in [0.29, 0.717) is 11.2 Å². The van der Waals surface area contributed by atoms with E-state index in [-0.39, 0.29) is 11.1 Å². The topological polar surface area (TPSA) is 135 Å². The van der Waals surface area contributed by atoms with Crippen molar-refractivity contribution < 1.29 is 24.1 Å². The second-order valence-corrected chi connectivity index (χ2v) is 6.39. The van der Waals surface area contributed by atoms with Gasteiger partial charge in [-0.2, -0.15) is 9.97 Å². The van der Waals surface area contributed by atoms with Crippen molar-refractivity contribution in [2.24, 2.45) is 0 Å². The van der Waals surface area contributed by atoms with Crippen molar-refractivity contribution in [1.82, 2.24) is 19.5 Å². The number of nitrogens with two attached hydrogens (primary N) is 1. The third kappa shape index (κ3) is 2.22. The molecule has 24 heavy (non-hydrogen) atoms. The Hall–Kier alpha value is -2.01. The standard InChI is InChI=1S/C13H14ClN5O5/c1-13(2)23-5-6(24-13)10(22-7(5)11(20)21)19-3-16-4-8(15)17-12(14)18-9(4)19/h3,5-7,10H,1-2H3,(H,20,21)(H2,15,17,18). The summed E-state index contributed by atoms with van der Waals surface area (Å²) in [6.07, 6.45) is -1.93. The fourth-order valence-corrected chi connectivity index (χ4v) is 3.27. The highest BCUT2D eigenvalue weighted by atomic mass is 35.5. The Kier molecular flexibility index (Phi) is 3.23. The molecule has 2 aliphatic heterocycles. The normalized spacial score (nSPS) is 31.5. The highest BCUT2D eigenvalue weighted by molar-refractivity contribution is 6.28. The molecule has 3 N–H and O–H groups in total. The second-order valence-electron chi connectivity index (χ2n) is 6.05. The van der Waals surface area contributed by atoms with E-state index in [2.05, 4.69) is 15.0 Å². The number of hydrogen-bond acceptors (Lipinski definition) is 8. The van der Waals surface area contributed by atoms with Gasteiger partial charge in [0.15, 0.2) is 29.6 Å². The summed E-state index contributed by atoms with van der Waals surface area (Å²) in [5.74, 6) is -1.94. The minimum absolute atomic E-state index is 0.0463. The van der Waals surface area contributed by atoms with E-state index in [1.54, 1.807) is 13.8 Å².